The van der Waals surface area contributed by atoms with Crippen LogP contribution in [0.5, 0.6) is 0 Å². The number of aliphatic hydroxyl groups is 3. The zero-order chi connectivity index (χ0) is 20.3. The lowest BCUT2D eigenvalue weighted by atomic mass is 9.81. The molecule has 11 heteroatoms. The molecule has 1 saturated carbocycles. The van der Waals surface area contributed by atoms with Gasteiger partial charge in [-0.05, 0) is 26.8 Å². The maximum atomic E-state index is 11.8. The van der Waals surface area contributed by atoms with E-state index >= 15 is 0 Å². The molecule has 0 aromatic carbocycles. The number of aliphatic hydroxyl groups excluding tert-OH is 3. The normalized spacial score (nSPS) is 43.9. The van der Waals surface area contributed by atoms with E-state index in [0.717, 1.165) is 0 Å². The summed E-state index contributed by atoms with van der Waals surface area (Å²) in [5, 5.41) is 36.7. The van der Waals surface area contributed by atoms with Gasteiger partial charge in [0.05, 0.1) is 36.9 Å². The van der Waals surface area contributed by atoms with Crippen LogP contribution in [0.2, 0.25) is 0 Å². The van der Waals surface area contributed by atoms with Gasteiger partial charge in [-0.1, -0.05) is 0 Å². The second kappa shape index (κ2) is 9.54. The van der Waals surface area contributed by atoms with Crippen molar-refractivity contribution >= 4 is 5.91 Å². The molecule has 27 heavy (non-hydrogen) atoms. The number of amides is 1. The number of hydrogen-bond donors (Lipinski definition) is 8. The van der Waals surface area contributed by atoms with Gasteiger partial charge < -0.3 is 52.6 Å². The van der Waals surface area contributed by atoms with Crippen molar-refractivity contribution in [1.29, 1.82) is 0 Å². The molecule has 11 nitrogen and oxygen atoms in total. The molecule has 1 amide bonds. The molecule has 11 N–H and O–H groups in total. The third-order valence-electron chi connectivity index (χ3n) is 5.31. The standard InChI is InChI=1S/C16H33N5O6/c1-6(18)8-4-3-7(19)16(26-8)27-15-11(21-9(22)5-17)13(24)12(23)10(20-2)14(15)25/h6-8,10-16,20,23-25H,3-5,17-19H2,1-2H3,(H,21,22)/t6-,7?,8?,10?,11?,12?,13?,14?,15?,16?/m0/s1. The number of nitrogens with one attached hydrogen (secondary N) is 2. The zero-order valence-corrected chi connectivity index (χ0v) is 15.7. The Morgan fingerprint density at radius 2 is 1.85 bits per heavy atom. The molecule has 0 aromatic heterocycles. The van der Waals surface area contributed by atoms with Crippen LogP contribution < -0.4 is 27.8 Å². The van der Waals surface area contributed by atoms with E-state index in [-0.39, 0.29) is 18.7 Å². The highest BCUT2D eigenvalue weighted by molar-refractivity contribution is 5.78. The molecule has 0 bridgehead atoms. The molecule has 1 saturated heterocycles. The van der Waals surface area contributed by atoms with Crippen LogP contribution in [0.4, 0.5) is 0 Å². The number of hydrogen-bond acceptors (Lipinski definition) is 10. The van der Waals surface area contributed by atoms with Crippen LogP contribution in [0.3, 0.4) is 0 Å². The van der Waals surface area contributed by atoms with Gasteiger partial charge in [-0.3, -0.25) is 4.79 Å². The van der Waals surface area contributed by atoms with Crippen LogP contribution >= 0.6 is 0 Å². The highest BCUT2D eigenvalue weighted by atomic mass is 16.7. The third kappa shape index (κ3) is 4.94. The van der Waals surface area contributed by atoms with E-state index in [1.165, 1.54) is 7.05 Å². The van der Waals surface area contributed by atoms with Crippen molar-refractivity contribution in [3.63, 3.8) is 0 Å². The average Bonchev–Trinajstić information content (AvgIpc) is 2.64. The van der Waals surface area contributed by atoms with Crippen LogP contribution in [-0.4, -0.2) is 95.8 Å². The fourth-order valence-electron chi connectivity index (χ4n) is 3.67. The van der Waals surface area contributed by atoms with Gasteiger partial charge in [0.25, 0.3) is 0 Å². The van der Waals surface area contributed by atoms with Crippen molar-refractivity contribution < 1.29 is 29.6 Å². The monoisotopic (exact) mass is 391 g/mol. The molecule has 0 radical (unpaired) electrons. The summed E-state index contributed by atoms with van der Waals surface area (Å²) in [5.41, 5.74) is 17.3. The van der Waals surface area contributed by atoms with E-state index in [2.05, 4.69) is 10.6 Å². The number of nitrogens with two attached hydrogens (primary N) is 3. The molecule has 1 aliphatic carbocycles. The highest BCUT2D eigenvalue weighted by Gasteiger charge is 2.51. The molecule has 1 aliphatic heterocycles. The van der Waals surface area contributed by atoms with Gasteiger partial charge >= 0.3 is 0 Å². The fraction of sp³-hybridized carbons (Fsp3) is 0.938. The largest absolute Gasteiger partial charge is 0.389 e. The first-order valence-corrected chi connectivity index (χ1v) is 9.24. The van der Waals surface area contributed by atoms with Crippen LogP contribution in [0.1, 0.15) is 19.8 Å². The first-order valence-electron chi connectivity index (χ1n) is 9.24. The lowest BCUT2D eigenvalue weighted by Gasteiger charge is -2.48. The minimum atomic E-state index is -1.39. The summed E-state index contributed by atoms with van der Waals surface area (Å²) in [5.74, 6) is -0.558. The van der Waals surface area contributed by atoms with Crippen molar-refractivity contribution in [2.24, 2.45) is 17.2 Å². The van der Waals surface area contributed by atoms with Crippen LogP contribution in [0, 0.1) is 0 Å². The molecule has 10 atom stereocenters. The van der Waals surface area contributed by atoms with Crippen LogP contribution in [-0.2, 0) is 14.3 Å². The summed E-state index contributed by atoms with van der Waals surface area (Å²) in [7, 11) is 1.54. The minimum Gasteiger partial charge on any atom is -0.389 e. The SMILES string of the molecule is CNC1C(O)C(O)C(NC(=O)CN)C(OC2OC([C@H](C)N)CCC2N)C1O. The average molecular weight is 391 g/mol. The topological polar surface area (TPSA) is 198 Å². The molecule has 9 unspecified atom stereocenters. The number of ether oxygens (including phenoxy) is 2. The second-order valence-corrected chi connectivity index (χ2v) is 7.33. The fourth-order valence-corrected chi connectivity index (χ4v) is 3.67. The van der Waals surface area contributed by atoms with Gasteiger partial charge in [-0.15, -0.1) is 0 Å². The van der Waals surface area contributed by atoms with Crippen molar-refractivity contribution in [3.8, 4) is 0 Å². The molecule has 2 rings (SSSR count). The van der Waals surface area contributed by atoms with E-state index in [0.29, 0.717) is 12.8 Å². The Hall–Kier alpha value is -0.890. The van der Waals surface area contributed by atoms with Gasteiger partial charge in [0.2, 0.25) is 5.91 Å². The van der Waals surface area contributed by atoms with E-state index < -0.39 is 54.7 Å². The molecule has 158 valence electrons. The lowest BCUT2D eigenvalue weighted by molar-refractivity contribution is -0.263. The molecular formula is C16H33N5O6. The Kier molecular flexibility index (Phi) is 7.92. The van der Waals surface area contributed by atoms with Crippen molar-refractivity contribution in [2.75, 3.05) is 13.6 Å². The van der Waals surface area contributed by atoms with Gasteiger partial charge in [-0.25, -0.2) is 0 Å². The predicted octanol–water partition coefficient (Wildman–Crippen LogP) is -4.32. The first-order chi connectivity index (χ1) is 12.7. The van der Waals surface area contributed by atoms with E-state index in [9.17, 15) is 20.1 Å². The van der Waals surface area contributed by atoms with Crippen molar-refractivity contribution in [3.05, 3.63) is 0 Å². The Bertz CT molecular complexity index is 498. The van der Waals surface area contributed by atoms with Crippen LogP contribution in [0.25, 0.3) is 0 Å². The molecule has 1 heterocycles. The van der Waals surface area contributed by atoms with Gasteiger partial charge in [0.15, 0.2) is 6.29 Å². The number of carbonyl (C=O) groups excluding carboxylic acids is 1. The summed E-state index contributed by atoms with van der Waals surface area (Å²) in [6.45, 7) is 1.50. The van der Waals surface area contributed by atoms with Crippen LogP contribution in [0.15, 0.2) is 0 Å². The Morgan fingerprint density at radius 3 is 2.41 bits per heavy atom. The number of carbonyl (C=O) groups is 1. The summed E-state index contributed by atoms with van der Waals surface area (Å²) in [6, 6.07) is -2.66. The summed E-state index contributed by atoms with van der Waals surface area (Å²) >= 11 is 0. The predicted molar refractivity (Wildman–Crippen MR) is 96.2 cm³/mol. The maximum Gasteiger partial charge on any atom is 0.234 e. The lowest BCUT2D eigenvalue weighted by Crippen LogP contribution is -2.72. The quantitative estimate of drug-likeness (QED) is 0.219. The van der Waals surface area contributed by atoms with E-state index in [1.807, 2.05) is 6.92 Å². The number of rotatable bonds is 6. The maximum absolute atomic E-state index is 11.8. The summed E-state index contributed by atoms with van der Waals surface area (Å²) < 4.78 is 11.8. The van der Waals surface area contributed by atoms with Crippen molar-refractivity contribution in [1.82, 2.24) is 10.6 Å². The third-order valence-corrected chi connectivity index (χ3v) is 5.31. The molecule has 2 aliphatic rings. The van der Waals surface area contributed by atoms with Gasteiger partial charge in [0, 0.05) is 6.04 Å². The first kappa shape index (κ1) is 22.4. The minimum absolute atomic E-state index is 0.231. The second-order valence-electron chi connectivity index (χ2n) is 7.33. The Labute approximate surface area is 158 Å². The van der Waals surface area contributed by atoms with E-state index in [1.54, 1.807) is 0 Å². The smallest absolute Gasteiger partial charge is 0.234 e. The van der Waals surface area contributed by atoms with E-state index in [4.69, 9.17) is 26.7 Å². The highest BCUT2D eigenvalue weighted by Crippen LogP contribution is 2.28. The molecule has 2 fully saturated rings. The molecule has 0 spiro atoms. The summed E-state index contributed by atoms with van der Waals surface area (Å²) in [6.07, 6.45) is -4.90. The van der Waals surface area contributed by atoms with Gasteiger partial charge in [0.1, 0.15) is 18.3 Å². The van der Waals surface area contributed by atoms with Crippen molar-refractivity contribution in [2.45, 2.75) is 80.7 Å². The Morgan fingerprint density at radius 1 is 1.22 bits per heavy atom. The van der Waals surface area contributed by atoms with Gasteiger partial charge in [-0.2, -0.15) is 0 Å². The molecule has 0 aromatic rings. The zero-order valence-electron chi connectivity index (χ0n) is 15.7. The Balaban J connectivity index is 2.22. The molecular weight excluding hydrogens is 358 g/mol. The number of likely N-dealkylation sites (N-methyl/N-ethyl adjacent to an activating group) is 1. The summed E-state index contributed by atoms with van der Waals surface area (Å²) in [4.78, 5) is 11.8.